The number of rotatable bonds is 3. The number of aryl methyl sites for hydroxylation is 1. The monoisotopic (exact) mass is 652 g/mol. The van der Waals surface area contributed by atoms with E-state index >= 15 is 4.39 Å². The topological polar surface area (TPSA) is 6.48 Å². The first-order valence-electron chi connectivity index (χ1n) is 17.2. The lowest BCUT2D eigenvalue weighted by atomic mass is 9.33. The van der Waals surface area contributed by atoms with Crippen molar-refractivity contribution in [1.82, 2.24) is 0 Å². The first-order chi connectivity index (χ1) is 23.9. The third-order valence-electron chi connectivity index (χ3n) is 11.2. The Hall–Kier alpha value is -5.13. The van der Waals surface area contributed by atoms with Crippen LogP contribution in [0.5, 0.6) is 0 Å². The van der Waals surface area contributed by atoms with Crippen molar-refractivity contribution in [3.8, 4) is 11.1 Å². The quantitative estimate of drug-likeness (QED) is 0.175. The van der Waals surface area contributed by atoms with Crippen LogP contribution in [-0.4, -0.2) is 6.71 Å². The van der Waals surface area contributed by atoms with Gasteiger partial charge in [0, 0.05) is 32.9 Å². The zero-order valence-electron chi connectivity index (χ0n) is 28.0. The van der Waals surface area contributed by atoms with E-state index in [2.05, 4.69) is 135 Å². The smallest absolute Gasteiger partial charge is 0.254 e. The van der Waals surface area contributed by atoms with Crippen molar-refractivity contribution in [2.45, 2.75) is 39.5 Å². The normalized spacial score (nSPS) is 14.8. The van der Waals surface area contributed by atoms with Crippen LogP contribution in [-0.2, 0) is 11.8 Å². The van der Waals surface area contributed by atoms with Crippen LogP contribution in [0.15, 0.2) is 121 Å². The highest BCUT2D eigenvalue weighted by Crippen LogP contribution is 2.55. The van der Waals surface area contributed by atoms with Crippen molar-refractivity contribution >= 4 is 78.0 Å². The van der Waals surface area contributed by atoms with E-state index in [1.165, 1.54) is 70.5 Å². The molecule has 10 rings (SSSR count). The Morgan fingerprint density at radius 3 is 2.16 bits per heavy atom. The van der Waals surface area contributed by atoms with Gasteiger partial charge in [-0.15, -0.1) is 11.3 Å². The van der Waals surface area contributed by atoms with Crippen molar-refractivity contribution in [2.75, 3.05) is 9.80 Å². The summed E-state index contributed by atoms with van der Waals surface area (Å²) < 4.78 is 17.6. The second-order valence-corrected chi connectivity index (χ2v) is 15.1. The van der Waals surface area contributed by atoms with Crippen LogP contribution in [0.25, 0.3) is 21.2 Å². The maximum absolute atomic E-state index is 16.3. The van der Waals surface area contributed by atoms with Gasteiger partial charge in [-0.05, 0) is 105 Å². The summed E-state index contributed by atoms with van der Waals surface area (Å²) in [4.78, 5) is 4.73. The predicted molar refractivity (Wildman–Crippen MR) is 207 cm³/mol. The molecule has 5 heteroatoms. The van der Waals surface area contributed by atoms with Gasteiger partial charge in [0.15, 0.2) is 0 Å². The largest absolute Gasteiger partial charge is 0.308 e. The highest BCUT2D eigenvalue weighted by molar-refractivity contribution is 7.26. The number of para-hydroxylation sites is 2. The van der Waals surface area contributed by atoms with E-state index in [1.807, 2.05) is 23.5 Å². The molecule has 0 N–H and O–H groups in total. The van der Waals surface area contributed by atoms with E-state index < -0.39 is 0 Å². The summed E-state index contributed by atoms with van der Waals surface area (Å²) in [5.74, 6) is -0.220. The molecule has 0 fully saturated rings. The summed E-state index contributed by atoms with van der Waals surface area (Å²) in [5, 5.41) is 2.55. The zero-order valence-corrected chi connectivity index (χ0v) is 28.8. The molecule has 2 nitrogen and oxygen atoms in total. The molecule has 2 aliphatic heterocycles. The summed E-state index contributed by atoms with van der Waals surface area (Å²) in [6.07, 6.45) is 0.836. The molecule has 1 aromatic heterocycles. The third kappa shape index (κ3) is 3.71. The number of benzene rings is 6. The molecule has 0 saturated carbocycles. The fraction of sp³-hybridized carbons (Fsp3) is 0.136. The molecule has 0 atom stereocenters. The van der Waals surface area contributed by atoms with E-state index in [1.54, 1.807) is 12.1 Å². The van der Waals surface area contributed by atoms with Gasteiger partial charge in [-0.2, -0.15) is 0 Å². The lowest BCUT2D eigenvalue weighted by Crippen LogP contribution is -2.61. The molecule has 0 radical (unpaired) electrons. The SMILES string of the molecule is CCc1c2c(cc3c1C(C)(C)c1ccccc1-3)B1c3c(cccc3N2c2ccccc2F)N(c2ccccc2C)c2sc3ccccc3c21. The standard InChI is InChI=1S/C44H34BFN2S/c1-5-27-39-30(28-16-7-9-18-31(28)44(39,3)4)25-32-42(27)47(35-21-12-10-19-33(35)46)36-22-14-23-37-41(36)45(32)40-29-17-8-13-24-38(29)49-43(40)48(37)34-20-11-6-15-26(34)2/h6-25H,5H2,1-4H3. The van der Waals surface area contributed by atoms with Crippen LogP contribution in [0.3, 0.4) is 0 Å². The highest BCUT2D eigenvalue weighted by atomic mass is 32.1. The average Bonchev–Trinajstić information content (AvgIpc) is 3.61. The maximum atomic E-state index is 16.3. The van der Waals surface area contributed by atoms with Gasteiger partial charge in [0.1, 0.15) is 5.82 Å². The number of thiophene rings is 1. The Morgan fingerprint density at radius 1 is 0.694 bits per heavy atom. The molecule has 0 bridgehead atoms. The number of fused-ring (bicyclic) bond motifs is 9. The van der Waals surface area contributed by atoms with Gasteiger partial charge in [-0.1, -0.05) is 106 Å². The first kappa shape index (κ1) is 28.8. The molecule has 0 spiro atoms. The average molecular weight is 653 g/mol. The number of hydrogen-bond donors (Lipinski definition) is 0. The second kappa shape index (κ2) is 10.2. The maximum Gasteiger partial charge on any atom is 0.254 e. The van der Waals surface area contributed by atoms with E-state index in [9.17, 15) is 0 Å². The number of nitrogens with zero attached hydrogens (tertiary/aromatic N) is 2. The van der Waals surface area contributed by atoms with Crippen LogP contribution >= 0.6 is 11.3 Å². The second-order valence-electron chi connectivity index (χ2n) is 14.1. The molecule has 7 aromatic rings. The molecule has 3 heterocycles. The minimum absolute atomic E-state index is 0.0258. The molecule has 1 aliphatic carbocycles. The number of hydrogen-bond acceptors (Lipinski definition) is 3. The first-order valence-corrected chi connectivity index (χ1v) is 18.1. The van der Waals surface area contributed by atoms with Crippen LogP contribution in [0.4, 0.5) is 37.8 Å². The lowest BCUT2D eigenvalue weighted by molar-refractivity contribution is 0.628. The van der Waals surface area contributed by atoms with Crippen molar-refractivity contribution in [1.29, 1.82) is 0 Å². The molecule has 0 amide bonds. The van der Waals surface area contributed by atoms with Crippen LogP contribution in [0, 0.1) is 12.7 Å². The van der Waals surface area contributed by atoms with Gasteiger partial charge in [0.05, 0.1) is 10.7 Å². The zero-order chi connectivity index (χ0) is 33.2. The Morgan fingerprint density at radius 2 is 1.37 bits per heavy atom. The van der Waals surface area contributed by atoms with E-state index in [-0.39, 0.29) is 17.9 Å². The van der Waals surface area contributed by atoms with Crippen LogP contribution in [0.2, 0.25) is 0 Å². The molecule has 0 saturated heterocycles. The van der Waals surface area contributed by atoms with Crippen molar-refractivity contribution in [3.63, 3.8) is 0 Å². The van der Waals surface area contributed by atoms with E-state index in [4.69, 9.17) is 0 Å². The minimum atomic E-state index is -0.220. The van der Waals surface area contributed by atoms with Crippen molar-refractivity contribution in [2.24, 2.45) is 0 Å². The number of halogens is 1. The predicted octanol–water partition coefficient (Wildman–Crippen LogP) is 10.3. The number of anilines is 6. The Bertz CT molecular complexity index is 2530. The summed E-state index contributed by atoms with van der Waals surface area (Å²) >= 11 is 1.87. The minimum Gasteiger partial charge on any atom is -0.308 e. The van der Waals surface area contributed by atoms with Crippen LogP contribution in [0.1, 0.15) is 43.0 Å². The van der Waals surface area contributed by atoms with Gasteiger partial charge in [-0.25, -0.2) is 4.39 Å². The van der Waals surface area contributed by atoms with Crippen molar-refractivity contribution < 1.29 is 4.39 Å². The molecule has 6 aromatic carbocycles. The van der Waals surface area contributed by atoms with Crippen LogP contribution < -0.4 is 26.2 Å². The lowest BCUT2D eigenvalue weighted by Gasteiger charge is -2.44. The third-order valence-corrected chi connectivity index (χ3v) is 12.4. The van der Waals surface area contributed by atoms with Gasteiger partial charge in [-0.3, -0.25) is 0 Å². The Labute approximate surface area is 291 Å². The Balaban J connectivity index is 1.40. The van der Waals surface area contributed by atoms with Gasteiger partial charge < -0.3 is 9.80 Å². The van der Waals surface area contributed by atoms with E-state index in [0.717, 1.165) is 23.5 Å². The molecular weight excluding hydrogens is 618 g/mol. The summed E-state index contributed by atoms with van der Waals surface area (Å²) in [6, 6.07) is 42.9. The van der Waals surface area contributed by atoms with Gasteiger partial charge in [0.25, 0.3) is 6.71 Å². The fourth-order valence-corrected chi connectivity index (χ4v) is 10.5. The molecule has 236 valence electrons. The summed E-state index contributed by atoms with van der Waals surface area (Å²) in [6.45, 7) is 9.16. The fourth-order valence-electron chi connectivity index (χ4n) is 9.25. The summed E-state index contributed by atoms with van der Waals surface area (Å²) in [5.41, 5.74) is 16.6. The van der Waals surface area contributed by atoms with Crippen molar-refractivity contribution in [3.05, 3.63) is 149 Å². The molecular formula is C44H34BFN2S. The van der Waals surface area contributed by atoms with Gasteiger partial charge in [0.2, 0.25) is 0 Å². The molecule has 0 unspecified atom stereocenters. The van der Waals surface area contributed by atoms with Gasteiger partial charge >= 0.3 is 0 Å². The van der Waals surface area contributed by atoms with E-state index in [0.29, 0.717) is 5.69 Å². The summed E-state index contributed by atoms with van der Waals surface area (Å²) in [7, 11) is 0. The highest BCUT2D eigenvalue weighted by Gasteiger charge is 2.48. The molecule has 49 heavy (non-hydrogen) atoms. The molecule has 3 aliphatic rings. The Kier molecular flexibility index (Phi) is 6.00.